The molecule has 0 saturated heterocycles. The zero-order chi connectivity index (χ0) is 11.9. The second kappa shape index (κ2) is 3.81. The molecule has 1 aliphatic rings. The molecule has 1 fully saturated rings. The van der Waals surface area contributed by atoms with Gasteiger partial charge in [0.1, 0.15) is 0 Å². The molecule has 1 amide bonds. The van der Waals surface area contributed by atoms with Crippen LogP contribution in [0.3, 0.4) is 0 Å². The maximum Gasteiger partial charge on any atom is 0.254 e. The highest BCUT2D eigenvalue weighted by atomic mass is 16.2. The molecule has 0 atom stereocenters. The number of carbonyl (C=O) groups is 1. The van der Waals surface area contributed by atoms with Crippen LogP contribution in [0.1, 0.15) is 34.3 Å². The summed E-state index contributed by atoms with van der Waals surface area (Å²) in [6.45, 7) is 3.92. The number of amides is 1. The van der Waals surface area contributed by atoms with Crippen LogP contribution >= 0.6 is 0 Å². The Morgan fingerprint density at radius 3 is 2.50 bits per heavy atom. The van der Waals surface area contributed by atoms with Crippen LogP contribution in [0.4, 0.5) is 5.69 Å². The maximum atomic E-state index is 12.2. The van der Waals surface area contributed by atoms with Crippen LogP contribution in [0.2, 0.25) is 0 Å². The van der Waals surface area contributed by atoms with Crippen molar-refractivity contribution in [1.29, 1.82) is 0 Å². The van der Waals surface area contributed by atoms with Crippen molar-refractivity contribution in [2.24, 2.45) is 0 Å². The molecule has 86 valence electrons. The summed E-state index contributed by atoms with van der Waals surface area (Å²) in [6.07, 6.45) is 2.26. The van der Waals surface area contributed by atoms with Gasteiger partial charge in [-0.3, -0.25) is 4.79 Å². The van der Waals surface area contributed by atoms with Gasteiger partial charge in [-0.1, -0.05) is 6.07 Å². The lowest BCUT2D eigenvalue weighted by Crippen LogP contribution is -2.29. The topological polar surface area (TPSA) is 46.3 Å². The van der Waals surface area contributed by atoms with Crippen LogP contribution in [0, 0.1) is 13.8 Å². The predicted molar refractivity (Wildman–Crippen MR) is 65.4 cm³/mol. The van der Waals surface area contributed by atoms with E-state index in [0.29, 0.717) is 11.7 Å². The maximum absolute atomic E-state index is 12.2. The van der Waals surface area contributed by atoms with E-state index in [2.05, 4.69) is 0 Å². The fourth-order valence-electron chi connectivity index (χ4n) is 1.92. The first-order chi connectivity index (χ1) is 7.50. The van der Waals surface area contributed by atoms with Gasteiger partial charge in [0.15, 0.2) is 0 Å². The Kier molecular flexibility index (Phi) is 2.62. The molecule has 0 aliphatic heterocycles. The lowest BCUT2D eigenvalue weighted by molar-refractivity contribution is 0.0784. The molecule has 0 bridgehead atoms. The third-order valence-corrected chi connectivity index (χ3v) is 3.26. The summed E-state index contributed by atoms with van der Waals surface area (Å²) in [7, 11) is 1.87. The van der Waals surface area contributed by atoms with Gasteiger partial charge in [-0.15, -0.1) is 0 Å². The normalized spacial score (nSPS) is 14.9. The summed E-state index contributed by atoms with van der Waals surface area (Å²) in [6, 6.07) is 4.21. The summed E-state index contributed by atoms with van der Waals surface area (Å²) in [5.74, 6) is 0.0895. The first kappa shape index (κ1) is 11.0. The van der Waals surface area contributed by atoms with Crippen molar-refractivity contribution >= 4 is 11.6 Å². The molecule has 3 heteroatoms. The first-order valence-corrected chi connectivity index (χ1v) is 5.64. The molecular formula is C13H18N2O. The minimum absolute atomic E-state index is 0.0895. The molecule has 0 radical (unpaired) electrons. The zero-order valence-electron chi connectivity index (χ0n) is 10.1. The van der Waals surface area contributed by atoms with E-state index in [1.54, 1.807) is 6.07 Å². The monoisotopic (exact) mass is 218 g/mol. The van der Waals surface area contributed by atoms with Gasteiger partial charge < -0.3 is 10.6 Å². The highest BCUT2D eigenvalue weighted by Gasteiger charge is 2.30. The molecule has 0 spiro atoms. The van der Waals surface area contributed by atoms with Gasteiger partial charge in [0, 0.05) is 24.3 Å². The molecule has 0 unspecified atom stereocenters. The Morgan fingerprint density at radius 2 is 1.94 bits per heavy atom. The summed E-state index contributed by atoms with van der Waals surface area (Å²) in [4.78, 5) is 14.0. The van der Waals surface area contributed by atoms with Crippen LogP contribution in [0.25, 0.3) is 0 Å². The third-order valence-electron chi connectivity index (χ3n) is 3.26. The smallest absolute Gasteiger partial charge is 0.254 e. The molecule has 1 saturated carbocycles. The van der Waals surface area contributed by atoms with Crippen molar-refractivity contribution in [3.63, 3.8) is 0 Å². The van der Waals surface area contributed by atoms with Crippen LogP contribution in [-0.2, 0) is 0 Å². The average molecular weight is 218 g/mol. The van der Waals surface area contributed by atoms with Gasteiger partial charge in [0.25, 0.3) is 5.91 Å². The standard InChI is InChI=1S/C13H18N2O/c1-8-6-9(2)12(14)7-11(8)13(16)15(3)10-4-5-10/h6-7,10H,4-5,14H2,1-3H3. The van der Waals surface area contributed by atoms with E-state index >= 15 is 0 Å². The molecule has 3 nitrogen and oxygen atoms in total. The van der Waals surface area contributed by atoms with Crippen LogP contribution in [0.5, 0.6) is 0 Å². The van der Waals surface area contributed by atoms with Crippen LogP contribution in [-0.4, -0.2) is 23.9 Å². The van der Waals surface area contributed by atoms with Gasteiger partial charge >= 0.3 is 0 Å². The van der Waals surface area contributed by atoms with Crippen molar-refractivity contribution < 1.29 is 4.79 Å². The number of aryl methyl sites for hydroxylation is 2. The first-order valence-electron chi connectivity index (χ1n) is 5.64. The molecule has 0 aromatic heterocycles. The lowest BCUT2D eigenvalue weighted by Gasteiger charge is -2.18. The fraction of sp³-hybridized carbons (Fsp3) is 0.462. The molecule has 2 N–H and O–H groups in total. The van der Waals surface area contributed by atoms with Crippen molar-refractivity contribution in [1.82, 2.24) is 4.90 Å². The van der Waals surface area contributed by atoms with E-state index in [0.717, 1.165) is 29.5 Å². The lowest BCUT2D eigenvalue weighted by atomic mass is 10.0. The number of hydrogen-bond acceptors (Lipinski definition) is 2. The number of hydrogen-bond donors (Lipinski definition) is 1. The van der Waals surface area contributed by atoms with Gasteiger partial charge in [-0.05, 0) is 43.9 Å². The molecule has 1 aliphatic carbocycles. The summed E-state index contributed by atoms with van der Waals surface area (Å²) < 4.78 is 0. The summed E-state index contributed by atoms with van der Waals surface area (Å²) in [5.41, 5.74) is 9.31. The Hall–Kier alpha value is -1.51. The Balaban J connectivity index is 2.32. The SMILES string of the molecule is Cc1cc(C)c(C(=O)N(C)C2CC2)cc1N. The van der Waals surface area contributed by atoms with Gasteiger partial charge in [-0.2, -0.15) is 0 Å². The number of carbonyl (C=O) groups excluding carboxylic acids is 1. The number of nitrogen functional groups attached to an aromatic ring is 1. The molecular weight excluding hydrogens is 200 g/mol. The fourth-order valence-corrected chi connectivity index (χ4v) is 1.92. The Morgan fingerprint density at radius 1 is 1.31 bits per heavy atom. The molecule has 1 aromatic rings. The number of nitrogens with two attached hydrogens (primary N) is 1. The van der Waals surface area contributed by atoms with E-state index in [9.17, 15) is 4.79 Å². The number of rotatable bonds is 2. The van der Waals surface area contributed by atoms with Crippen molar-refractivity contribution in [2.45, 2.75) is 32.7 Å². The van der Waals surface area contributed by atoms with Gasteiger partial charge in [0.2, 0.25) is 0 Å². The second-order valence-corrected chi connectivity index (χ2v) is 4.67. The number of anilines is 1. The molecule has 1 aromatic carbocycles. The molecule has 0 heterocycles. The number of nitrogens with zero attached hydrogens (tertiary/aromatic N) is 1. The Bertz CT molecular complexity index is 436. The van der Waals surface area contributed by atoms with Crippen LogP contribution in [0.15, 0.2) is 12.1 Å². The van der Waals surface area contributed by atoms with Crippen LogP contribution < -0.4 is 5.73 Å². The predicted octanol–water partition coefficient (Wildman–Crippen LogP) is 2.12. The van der Waals surface area contributed by atoms with Gasteiger partial charge in [0.05, 0.1) is 0 Å². The van der Waals surface area contributed by atoms with E-state index in [4.69, 9.17) is 5.73 Å². The van der Waals surface area contributed by atoms with E-state index in [1.807, 2.05) is 31.9 Å². The van der Waals surface area contributed by atoms with Gasteiger partial charge in [-0.25, -0.2) is 0 Å². The molecule has 16 heavy (non-hydrogen) atoms. The Labute approximate surface area is 96.2 Å². The third kappa shape index (κ3) is 1.90. The second-order valence-electron chi connectivity index (χ2n) is 4.67. The van der Waals surface area contributed by atoms with E-state index in [1.165, 1.54) is 0 Å². The quantitative estimate of drug-likeness (QED) is 0.773. The van der Waals surface area contributed by atoms with Crippen molar-refractivity contribution in [2.75, 3.05) is 12.8 Å². The molecule has 2 rings (SSSR count). The summed E-state index contributed by atoms with van der Waals surface area (Å²) >= 11 is 0. The highest BCUT2D eigenvalue weighted by Crippen LogP contribution is 2.28. The highest BCUT2D eigenvalue weighted by molar-refractivity contribution is 5.97. The van der Waals surface area contributed by atoms with Crippen molar-refractivity contribution in [3.05, 3.63) is 28.8 Å². The van der Waals surface area contributed by atoms with Crippen molar-refractivity contribution in [3.8, 4) is 0 Å². The number of benzene rings is 1. The minimum Gasteiger partial charge on any atom is -0.398 e. The van der Waals surface area contributed by atoms with E-state index < -0.39 is 0 Å². The van der Waals surface area contributed by atoms with E-state index in [-0.39, 0.29) is 5.91 Å². The summed E-state index contributed by atoms with van der Waals surface area (Å²) in [5, 5.41) is 0. The minimum atomic E-state index is 0.0895. The zero-order valence-corrected chi connectivity index (χ0v) is 10.1. The largest absolute Gasteiger partial charge is 0.398 e. The average Bonchev–Trinajstić information content (AvgIpc) is 3.05.